The van der Waals surface area contributed by atoms with Gasteiger partial charge in [-0.25, -0.2) is 14.8 Å². The monoisotopic (exact) mass is 592 g/mol. The number of guanidine groups is 1. The van der Waals surface area contributed by atoms with Crippen LogP contribution in [0, 0.1) is 0 Å². The van der Waals surface area contributed by atoms with Crippen LogP contribution in [0.2, 0.25) is 0 Å². The predicted molar refractivity (Wildman–Crippen MR) is 160 cm³/mol. The van der Waals surface area contributed by atoms with E-state index in [1.807, 2.05) is 11.0 Å². The molecule has 3 aliphatic heterocycles. The topological polar surface area (TPSA) is 170 Å². The number of fused-ring (bicyclic) bond motifs is 1. The summed E-state index contributed by atoms with van der Waals surface area (Å²) >= 11 is 0. The summed E-state index contributed by atoms with van der Waals surface area (Å²) < 4.78 is 0. The molecule has 2 saturated heterocycles. The van der Waals surface area contributed by atoms with Gasteiger partial charge in [0.15, 0.2) is 0 Å². The fraction of sp³-hybridized carbons (Fsp3) is 0.567. The number of rotatable bonds is 9. The minimum absolute atomic E-state index is 0.0244. The molecule has 0 bridgehead atoms. The molecule has 1 unspecified atom stereocenters. The first-order valence-corrected chi connectivity index (χ1v) is 15.2. The van der Waals surface area contributed by atoms with Gasteiger partial charge in [-0.1, -0.05) is 18.6 Å². The summed E-state index contributed by atoms with van der Waals surface area (Å²) in [4.78, 5) is 76.2. The van der Waals surface area contributed by atoms with Gasteiger partial charge in [-0.05, 0) is 69.8 Å². The Balaban J connectivity index is 1.02. The van der Waals surface area contributed by atoms with Crippen LogP contribution in [0.25, 0.3) is 0 Å². The van der Waals surface area contributed by atoms with Gasteiger partial charge in [0.05, 0.1) is 17.2 Å². The first-order chi connectivity index (χ1) is 20.7. The number of urea groups is 1. The van der Waals surface area contributed by atoms with Crippen molar-refractivity contribution in [1.29, 1.82) is 0 Å². The number of amides is 6. The molecule has 1 saturated carbocycles. The van der Waals surface area contributed by atoms with Crippen molar-refractivity contribution in [2.75, 3.05) is 32.7 Å². The van der Waals surface area contributed by atoms with Gasteiger partial charge in [-0.2, -0.15) is 0 Å². The molecule has 13 heteroatoms. The molecular weight excluding hydrogens is 552 g/mol. The minimum Gasteiger partial charge on any atom is -0.368 e. The van der Waals surface area contributed by atoms with Gasteiger partial charge in [0, 0.05) is 38.6 Å². The lowest BCUT2D eigenvalue weighted by molar-refractivity contribution is -0.136. The van der Waals surface area contributed by atoms with Crippen LogP contribution >= 0.6 is 0 Å². The van der Waals surface area contributed by atoms with Crippen LogP contribution in [-0.2, 0) is 16.0 Å². The summed E-state index contributed by atoms with van der Waals surface area (Å²) in [5, 5.41) is 5.37. The smallest absolute Gasteiger partial charge is 0.317 e. The van der Waals surface area contributed by atoms with Crippen molar-refractivity contribution in [2.45, 2.75) is 75.9 Å². The van der Waals surface area contributed by atoms with Crippen LogP contribution in [0.5, 0.6) is 0 Å². The van der Waals surface area contributed by atoms with E-state index in [4.69, 9.17) is 5.73 Å². The zero-order valence-electron chi connectivity index (χ0n) is 24.4. The van der Waals surface area contributed by atoms with Crippen molar-refractivity contribution in [2.24, 2.45) is 15.7 Å². The molecule has 4 N–H and O–H groups in total. The number of imide groups is 2. The van der Waals surface area contributed by atoms with E-state index in [-0.39, 0.29) is 42.8 Å². The third-order valence-electron chi connectivity index (χ3n) is 8.84. The van der Waals surface area contributed by atoms with E-state index in [9.17, 15) is 24.0 Å². The first-order valence-electron chi connectivity index (χ1n) is 15.2. The van der Waals surface area contributed by atoms with Crippen LogP contribution in [0.15, 0.2) is 28.2 Å². The molecule has 0 radical (unpaired) electrons. The predicted octanol–water partition coefficient (Wildman–Crippen LogP) is 1.06. The van der Waals surface area contributed by atoms with Gasteiger partial charge in [-0.15, -0.1) is 0 Å². The number of carbonyl (C=O) groups excluding carboxylic acids is 5. The van der Waals surface area contributed by atoms with E-state index in [1.165, 1.54) is 0 Å². The van der Waals surface area contributed by atoms with Gasteiger partial charge < -0.3 is 16.0 Å². The molecule has 43 heavy (non-hydrogen) atoms. The number of aliphatic imine (C=N–C) groups is 2. The maximum absolute atomic E-state index is 13.3. The number of piperazine rings is 1. The molecule has 3 fully saturated rings. The van der Waals surface area contributed by atoms with Crippen LogP contribution in [-0.4, -0.2) is 108 Å². The van der Waals surface area contributed by atoms with Crippen molar-refractivity contribution >= 4 is 42.3 Å². The zero-order valence-corrected chi connectivity index (χ0v) is 24.4. The lowest BCUT2D eigenvalue weighted by Gasteiger charge is -2.35. The van der Waals surface area contributed by atoms with Gasteiger partial charge in [-0.3, -0.25) is 34.3 Å². The number of aryl methyl sites for hydroxylation is 1. The average molecular weight is 593 g/mol. The Kier molecular flexibility index (Phi) is 9.49. The van der Waals surface area contributed by atoms with Crippen LogP contribution in [0.3, 0.4) is 0 Å². The number of nitrogens with two attached hydrogens (primary N) is 1. The second-order valence-corrected chi connectivity index (χ2v) is 11.7. The van der Waals surface area contributed by atoms with E-state index < -0.39 is 23.8 Å². The second-order valence-electron chi connectivity index (χ2n) is 11.7. The maximum Gasteiger partial charge on any atom is 0.317 e. The number of piperidine rings is 1. The summed E-state index contributed by atoms with van der Waals surface area (Å²) in [5.41, 5.74) is 7.16. The summed E-state index contributed by atoms with van der Waals surface area (Å²) in [6.45, 7) is 7.34. The van der Waals surface area contributed by atoms with E-state index in [2.05, 4.69) is 32.2 Å². The molecule has 0 spiro atoms. The Hall–Kier alpha value is -4.13. The molecule has 5 rings (SSSR count). The molecule has 3 atom stereocenters. The number of unbranched alkanes of at least 4 members (excludes halogenated alkanes) is 2. The normalized spacial score (nSPS) is 24.7. The number of benzene rings is 1. The number of hydrogen-bond donors (Lipinski definition) is 3. The van der Waals surface area contributed by atoms with Crippen molar-refractivity contribution in [3.63, 3.8) is 0 Å². The number of nitrogens with zero attached hydrogens (tertiary/aromatic N) is 5. The highest BCUT2D eigenvalue weighted by atomic mass is 16.2. The Labute approximate surface area is 250 Å². The van der Waals surface area contributed by atoms with Gasteiger partial charge in [0.1, 0.15) is 6.04 Å². The van der Waals surface area contributed by atoms with E-state index in [0.29, 0.717) is 30.6 Å². The average Bonchev–Trinajstić information content (AvgIpc) is 3.54. The zero-order chi connectivity index (χ0) is 30.5. The second kappa shape index (κ2) is 13.4. The molecule has 1 aliphatic carbocycles. The fourth-order valence-corrected chi connectivity index (χ4v) is 6.50. The summed E-state index contributed by atoms with van der Waals surface area (Å²) in [6.07, 6.45) is 6.21. The van der Waals surface area contributed by atoms with Gasteiger partial charge in [0.2, 0.25) is 17.8 Å². The van der Waals surface area contributed by atoms with E-state index in [1.54, 1.807) is 12.1 Å². The molecule has 230 valence electrons. The van der Waals surface area contributed by atoms with Crippen molar-refractivity contribution < 1.29 is 24.0 Å². The quantitative estimate of drug-likeness (QED) is 0.167. The summed E-state index contributed by atoms with van der Waals surface area (Å²) in [5.74, 6) is -1.73. The number of hydrogen-bond acceptors (Lipinski definition) is 7. The van der Waals surface area contributed by atoms with Crippen LogP contribution in [0.1, 0.15) is 77.6 Å². The third-order valence-corrected chi connectivity index (χ3v) is 8.84. The van der Waals surface area contributed by atoms with Crippen molar-refractivity contribution in [3.8, 4) is 0 Å². The number of nitrogens with one attached hydrogen (secondary N) is 2. The molecular formula is C30H40N8O5. The molecule has 4 aliphatic rings. The molecule has 6 amide bonds. The van der Waals surface area contributed by atoms with E-state index >= 15 is 0 Å². The van der Waals surface area contributed by atoms with E-state index in [0.717, 1.165) is 68.6 Å². The maximum atomic E-state index is 13.3. The van der Waals surface area contributed by atoms with Crippen molar-refractivity contribution in [3.05, 3.63) is 34.9 Å². The minimum atomic E-state index is -0.959. The fourth-order valence-electron chi connectivity index (χ4n) is 6.50. The largest absolute Gasteiger partial charge is 0.368 e. The molecule has 13 nitrogen and oxygen atoms in total. The molecule has 3 heterocycles. The highest BCUT2D eigenvalue weighted by molar-refractivity contribution is 6.24. The lowest BCUT2D eigenvalue weighted by atomic mass is 9.98. The Morgan fingerprint density at radius 3 is 2.56 bits per heavy atom. The molecule has 1 aromatic carbocycles. The van der Waals surface area contributed by atoms with Crippen LogP contribution < -0.4 is 16.4 Å². The highest BCUT2D eigenvalue weighted by Gasteiger charge is 2.45. The Morgan fingerprint density at radius 1 is 1.02 bits per heavy atom. The van der Waals surface area contributed by atoms with Gasteiger partial charge >= 0.3 is 6.03 Å². The SMILES string of the molecule is C=NC(N)=N[C@H]1CC[C@H](NC(=O)N2CCN(CCCCCc3cccc4c3C(=O)N(C3CCC(=O)NC3=O)C4=O)CC2)C1. The molecule has 1 aromatic rings. The van der Waals surface area contributed by atoms with Crippen molar-refractivity contribution in [1.82, 2.24) is 25.3 Å². The molecule has 0 aromatic heterocycles. The first kappa shape index (κ1) is 30.3. The van der Waals surface area contributed by atoms with Crippen LogP contribution in [0.4, 0.5) is 4.79 Å². The third kappa shape index (κ3) is 6.93. The standard InChI is InChI=1S/C30H40N8O5/c1-32-29(31)33-20-9-10-21(18-20)34-30(43)37-16-14-36(15-17-37)13-4-2-3-6-19-7-5-8-22-25(19)28(42)38(27(22)41)23-11-12-24(39)35-26(23)40/h5,7-8,20-21,23H,1-4,6,9-18H2,(H2,31,33)(H,34,43)(H,35,39,40)/t20-,21-,23?/m0/s1. The Bertz CT molecular complexity index is 1320. The highest BCUT2D eigenvalue weighted by Crippen LogP contribution is 2.30. The summed E-state index contributed by atoms with van der Waals surface area (Å²) in [6, 6.07) is 4.46. The summed E-state index contributed by atoms with van der Waals surface area (Å²) in [7, 11) is 0. The van der Waals surface area contributed by atoms with Gasteiger partial charge in [0.25, 0.3) is 11.8 Å². The Morgan fingerprint density at radius 2 is 1.81 bits per heavy atom. The lowest BCUT2D eigenvalue weighted by Crippen LogP contribution is -2.54. The number of carbonyl (C=O) groups is 5.